The molecule has 164 valence electrons. The van der Waals surface area contributed by atoms with Crippen molar-refractivity contribution in [2.75, 3.05) is 12.0 Å². The third-order valence-electron chi connectivity index (χ3n) is 4.79. The molecule has 1 aromatic heterocycles. The van der Waals surface area contributed by atoms with Gasteiger partial charge in [-0.25, -0.2) is 10.4 Å². The van der Waals surface area contributed by atoms with Gasteiger partial charge in [-0.15, -0.1) is 0 Å². The summed E-state index contributed by atoms with van der Waals surface area (Å²) in [7, 11) is 1.95. The van der Waals surface area contributed by atoms with E-state index in [1.54, 1.807) is 6.21 Å². The maximum absolute atomic E-state index is 6.06. The fourth-order valence-corrected chi connectivity index (χ4v) is 4.05. The molecule has 0 aliphatic carbocycles. The topological polar surface area (TPSA) is 60.7 Å². The molecule has 6 nitrogen and oxygen atoms in total. The number of fused-ring (bicyclic) bond motifs is 1. The number of hydrogen-bond acceptors (Lipinski definition) is 5. The van der Waals surface area contributed by atoms with E-state index in [0.717, 1.165) is 31.1 Å². The highest BCUT2D eigenvalue weighted by Gasteiger charge is 2.12. The maximum atomic E-state index is 6.06. The van der Waals surface area contributed by atoms with E-state index in [-0.39, 0.29) is 0 Å². The van der Waals surface area contributed by atoms with E-state index in [9.17, 15) is 0 Å². The summed E-state index contributed by atoms with van der Waals surface area (Å²) in [6.45, 7) is 2.91. The van der Waals surface area contributed by atoms with E-state index in [4.69, 9.17) is 9.47 Å². The van der Waals surface area contributed by atoms with Crippen LogP contribution in [0.25, 0.3) is 11.0 Å². The molecule has 0 aliphatic heterocycles. The number of halogens is 2. The van der Waals surface area contributed by atoms with Gasteiger partial charge in [-0.3, -0.25) is 0 Å². The number of para-hydroxylation sites is 2. The third-order valence-corrected chi connectivity index (χ3v) is 5.91. The normalized spacial score (nSPS) is 11.2. The number of aromatic nitrogens is 2. The Morgan fingerprint density at radius 1 is 1.06 bits per heavy atom. The molecular formula is C24H22Br2N4O2. The van der Waals surface area contributed by atoms with Crippen molar-refractivity contribution in [3.05, 3.63) is 80.7 Å². The van der Waals surface area contributed by atoms with Crippen LogP contribution in [0.2, 0.25) is 0 Å². The molecule has 0 saturated carbocycles. The summed E-state index contributed by atoms with van der Waals surface area (Å²) in [4.78, 5) is 4.56. The first-order valence-electron chi connectivity index (χ1n) is 10.1. The standard InChI is InChI=1S/C24H22Br2N4O2/c1-3-31-22-13-17(12-19(26)23(22)32-15-16-8-10-18(25)11-9-16)14-27-29-24-28-20-6-4-5-7-21(20)30(24)2/h4-14H,3,15H2,1-2H3,(H,28,29)/b27-14-. The molecule has 0 fully saturated rings. The fourth-order valence-electron chi connectivity index (χ4n) is 3.21. The first kappa shape index (κ1) is 22.4. The minimum atomic E-state index is 0.438. The number of ether oxygens (including phenoxy) is 2. The monoisotopic (exact) mass is 556 g/mol. The van der Waals surface area contributed by atoms with Crippen molar-refractivity contribution in [2.45, 2.75) is 13.5 Å². The molecule has 0 amide bonds. The average Bonchev–Trinajstić information content (AvgIpc) is 3.10. The lowest BCUT2D eigenvalue weighted by atomic mass is 10.2. The van der Waals surface area contributed by atoms with Crippen LogP contribution in [0.15, 0.2) is 74.7 Å². The predicted molar refractivity (Wildman–Crippen MR) is 136 cm³/mol. The largest absolute Gasteiger partial charge is 0.490 e. The van der Waals surface area contributed by atoms with Gasteiger partial charge < -0.3 is 14.0 Å². The van der Waals surface area contributed by atoms with Gasteiger partial charge >= 0.3 is 0 Å². The highest BCUT2D eigenvalue weighted by Crippen LogP contribution is 2.37. The zero-order valence-electron chi connectivity index (χ0n) is 17.7. The van der Waals surface area contributed by atoms with Gasteiger partial charge in [-0.2, -0.15) is 5.10 Å². The number of hydrazone groups is 1. The minimum Gasteiger partial charge on any atom is -0.490 e. The lowest BCUT2D eigenvalue weighted by Gasteiger charge is -2.14. The molecule has 8 heteroatoms. The molecular weight excluding hydrogens is 536 g/mol. The van der Waals surface area contributed by atoms with Crippen molar-refractivity contribution in [1.82, 2.24) is 9.55 Å². The second-order valence-corrected chi connectivity index (χ2v) is 8.80. The molecule has 0 atom stereocenters. The number of hydrogen-bond donors (Lipinski definition) is 1. The van der Waals surface area contributed by atoms with Gasteiger partial charge in [0.15, 0.2) is 11.5 Å². The van der Waals surface area contributed by atoms with Crippen LogP contribution < -0.4 is 14.9 Å². The van der Waals surface area contributed by atoms with Crippen LogP contribution in [-0.4, -0.2) is 22.4 Å². The lowest BCUT2D eigenvalue weighted by Crippen LogP contribution is -2.02. The third kappa shape index (κ3) is 5.14. The van der Waals surface area contributed by atoms with Crippen molar-refractivity contribution in [3.8, 4) is 11.5 Å². The van der Waals surface area contributed by atoms with E-state index >= 15 is 0 Å². The molecule has 0 spiro atoms. The second-order valence-electron chi connectivity index (χ2n) is 7.03. The Labute approximate surface area is 203 Å². The number of benzene rings is 3. The SMILES string of the molecule is CCOc1cc(/C=N\Nc2nc3ccccc3n2C)cc(Br)c1OCc1ccc(Br)cc1. The molecule has 0 radical (unpaired) electrons. The van der Waals surface area contributed by atoms with Crippen molar-refractivity contribution in [2.24, 2.45) is 12.1 Å². The quantitative estimate of drug-likeness (QED) is 0.198. The smallest absolute Gasteiger partial charge is 0.224 e. The van der Waals surface area contributed by atoms with Gasteiger partial charge in [0.1, 0.15) is 6.61 Å². The van der Waals surface area contributed by atoms with Gasteiger partial charge in [-0.1, -0.05) is 40.2 Å². The Kier molecular flexibility index (Phi) is 7.12. The van der Waals surface area contributed by atoms with Crippen molar-refractivity contribution in [1.29, 1.82) is 0 Å². The number of anilines is 1. The summed E-state index contributed by atoms with van der Waals surface area (Å²) < 4.78 is 15.7. The van der Waals surface area contributed by atoms with Gasteiger partial charge in [0.25, 0.3) is 0 Å². The molecule has 3 aromatic carbocycles. The molecule has 32 heavy (non-hydrogen) atoms. The van der Waals surface area contributed by atoms with Gasteiger partial charge in [0, 0.05) is 11.5 Å². The minimum absolute atomic E-state index is 0.438. The van der Waals surface area contributed by atoms with Crippen LogP contribution in [0.5, 0.6) is 11.5 Å². The zero-order valence-corrected chi connectivity index (χ0v) is 20.9. The van der Waals surface area contributed by atoms with Crippen LogP contribution in [0, 0.1) is 0 Å². The highest BCUT2D eigenvalue weighted by molar-refractivity contribution is 9.10. The lowest BCUT2D eigenvalue weighted by molar-refractivity contribution is 0.267. The van der Waals surface area contributed by atoms with Crippen LogP contribution in [0.1, 0.15) is 18.1 Å². The zero-order chi connectivity index (χ0) is 22.5. The van der Waals surface area contributed by atoms with Crippen molar-refractivity contribution >= 4 is 55.1 Å². The molecule has 4 aromatic rings. The summed E-state index contributed by atoms with van der Waals surface area (Å²) in [6, 6.07) is 19.8. The molecule has 0 unspecified atom stereocenters. The Balaban J connectivity index is 1.51. The van der Waals surface area contributed by atoms with Crippen LogP contribution in [0.4, 0.5) is 5.95 Å². The molecule has 1 N–H and O–H groups in total. The van der Waals surface area contributed by atoms with E-state index < -0.39 is 0 Å². The average molecular weight is 558 g/mol. The molecule has 0 bridgehead atoms. The Hall–Kier alpha value is -2.84. The summed E-state index contributed by atoms with van der Waals surface area (Å²) in [5.41, 5.74) is 6.91. The molecule has 1 heterocycles. The van der Waals surface area contributed by atoms with E-state index in [1.807, 2.05) is 79.2 Å². The number of rotatable bonds is 8. The van der Waals surface area contributed by atoms with E-state index in [0.29, 0.717) is 30.7 Å². The Bertz CT molecular complexity index is 1250. The van der Waals surface area contributed by atoms with Crippen molar-refractivity contribution in [3.63, 3.8) is 0 Å². The first-order chi connectivity index (χ1) is 15.5. The van der Waals surface area contributed by atoms with E-state index in [2.05, 4.69) is 47.4 Å². The summed E-state index contributed by atoms with van der Waals surface area (Å²) >= 11 is 7.06. The van der Waals surface area contributed by atoms with Crippen LogP contribution >= 0.6 is 31.9 Å². The molecule has 0 aliphatic rings. The van der Waals surface area contributed by atoms with E-state index in [1.165, 1.54) is 0 Å². The van der Waals surface area contributed by atoms with Crippen LogP contribution in [0.3, 0.4) is 0 Å². The van der Waals surface area contributed by atoms with Gasteiger partial charge in [0.2, 0.25) is 5.95 Å². The Morgan fingerprint density at radius 3 is 2.59 bits per heavy atom. The fraction of sp³-hybridized carbons (Fsp3) is 0.167. The summed E-state index contributed by atoms with van der Waals surface area (Å²) in [6.07, 6.45) is 1.73. The summed E-state index contributed by atoms with van der Waals surface area (Å²) in [5, 5.41) is 4.36. The van der Waals surface area contributed by atoms with Crippen LogP contribution in [-0.2, 0) is 13.7 Å². The van der Waals surface area contributed by atoms with Gasteiger partial charge in [-0.05, 0) is 70.4 Å². The second kappa shape index (κ2) is 10.2. The predicted octanol–water partition coefficient (Wildman–Crippen LogP) is 6.52. The number of nitrogens with zero attached hydrogens (tertiary/aromatic N) is 3. The molecule has 4 rings (SSSR count). The molecule has 0 saturated heterocycles. The number of imidazole rings is 1. The maximum Gasteiger partial charge on any atom is 0.224 e. The first-order valence-corrected chi connectivity index (χ1v) is 11.7. The Morgan fingerprint density at radius 2 is 1.84 bits per heavy atom. The number of nitrogens with one attached hydrogen (secondary N) is 1. The number of aryl methyl sites for hydroxylation is 1. The summed E-state index contributed by atoms with van der Waals surface area (Å²) in [5.74, 6) is 1.99. The highest BCUT2D eigenvalue weighted by atomic mass is 79.9. The van der Waals surface area contributed by atoms with Gasteiger partial charge in [0.05, 0.1) is 28.3 Å². The van der Waals surface area contributed by atoms with Crippen molar-refractivity contribution < 1.29 is 9.47 Å².